The molecule has 2 nitrogen and oxygen atoms in total. The summed E-state index contributed by atoms with van der Waals surface area (Å²) < 4.78 is 0. The van der Waals surface area contributed by atoms with Gasteiger partial charge in [-0.2, -0.15) is 0 Å². The van der Waals surface area contributed by atoms with Crippen LogP contribution in [0.25, 0.3) is 0 Å². The molecule has 4 N–H and O–H groups in total. The molecule has 0 heterocycles. The lowest BCUT2D eigenvalue weighted by Gasteiger charge is -2.01. The summed E-state index contributed by atoms with van der Waals surface area (Å²) in [6.07, 6.45) is 0. The Hall–Kier alpha value is -1.12. The first-order valence-electron chi connectivity index (χ1n) is 2.61. The van der Waals surface area contributed by atoms with Gasteiger partial charge in [-0.25, -0.2) is 0 Å². The van der Waals surface area contributed by atoms with E-state index in [1.807, 2.05) is 0 Å². The minimum Gasteiger partial charge on any atom is -0.399 e. The van der Waals surface area contributed by atoms with Gasteiger partial charge in [0.25, 0.3) is 0 Å². The zero-order chi connectivity index (χ0) is 6.85. The van der Waals surface area contributed by atoms with Crippen LogP contribution in [0.5, 0.6) is 0 Å². The number of nitrogens with two attached hydrogens (primary N) is 2. The van der Waals surface area contributed by atoms with Crippen LogP contribution < -0.4 is 16.9 Å². The lowest BCUT2D eigenvalue weighted by Crippen LogP contribution is -2.13. The summed E-state index contributed by atoms with van der Waals surface area (Å²) in [5.74, 6) is 0. The van der Waals surface area contributed by atoms with E-state index in [9.17, 15) is 0 Å². The molecule has 1 aromatic carbocycles. The summed E-state index contributed by atoms with van der Waals surface area (Å²) in [6.45, 7) is 0. The first kappa shape index (κ1) is 6.01. The molecule has 0 saturated heterocycles. The quantitative estimate of drug-likeness (QED) is 0.361. The maximum Gasteiger partial charge on any atom is 0.119 e. The van der Waals surface area contributed by atoms with Crippen LogP contribution in [0.3, 0.4) is 0 Å². The van der Waals surface area contributed by atoms with Crippen LogP contribution in [0.4, 0.5) is 11.4 Å². The normalized spacial score (nSPS) is 9.33. The molecule has 0 aliphatic heterocycles. The molecule has 0 saturated carbocycles. The maximum absolute atomic E-state index is 5.43. The number of hydrogen-bond donors (Lipinski definition) is 2. The van der Waals surface area contributed by atoms with Crippen LogP contribution in [0.15, 0.2) is 18.2 Å². The summed E-state index contributed by atoms with van der Waals surface area (Å²) >= 11 is 0. The molecular formula is C6H7BN2. The molecule has 0 aliphatic rings. The first-order valence-corrected chi connectivity index (χ1v) is 2.61. The second-order valence-corrected chi connectivity index (χ2v) is 1.85. The van der Waals surface area contributed by atoms with Gasteiger partial charge in [0.15, 0.2) is 0 Å². The fraction of sp³-hybridized carbons (Fsp3) is 0. The number of benzene rings is 1. The van der Waals surface area contributed by atoms with E-state index >= 15 is 0 Å². The van der Waals surface area contributed by atoms with Crippen LogP contribution in [-0.2, 0) is 0 Å². The second-order valence-electron chi connectivity index (χ2n) is 1.85. The van der Waals surface area contributed by atoms with Gasteiger partial charge in [-0.15, -0.1) is 0 Å². The largest absolute Gasteiger partial charge is 0.399 e. The van der Waals surface area contributed by atoms with Gasteiger partial charge >= 0.3 is 0 Å². The summed E-state index contributed by atoms with van der Waals surface area (Å²) in [5.41, 5.74) is 12.4. The van der Waals surface area contributed by atoms with E-state index in [0.29, 0.717) is 16.8 Å². The van der Waals surface area contributed by atoms with E-state index in [1.165, 1.54) is 0 Å². The molecule has 0 atom stereocenters. The van der Waals surface area contributed by atoms with E-state index < -0.39 is 0 Å². The molecule has 0 fully saturated rings. The summed E-state index contributed by atoms with van der Waals surface area (Å²) in [7, 11) is 5.43. The highest BCUT2D eigenvalue weighted by atomic mass is 14.6. The van der Waals surface area contributed by atoms with Gasteiger partial charge < -0.3 is 11.5 Å². The topological polar surface area (TPSA) is 52.0 Å². The van der Waals surface area contributed by atoms with Gasteiger partial charge in [0.2, 0.25) is 0 Å². The van der Waals surface area contributed by atoms with E-state index in [-0.39, 0.29) is 0 Å². The lowest BCUT2D eigenvalue weighted by atomic mass is 9.92. The monoisotopic (exact) mass is 118 g/mol. The highest BCUT2D eigenvalue weighted by Crippen LogP contribution is 2.01. The molecule has 44 valence electrons. The molecular weight excluding hydrogens is 111 g/mol. The van der Waals surface area contributed by atoms with Crippen LogP contribution in [0.1, 0.15) is 0 Å². The van der Waals surface area contributed by atoms with Crippen molar-refractivity contribution >= 4 is 24.7 Å². The van der Waals surface area contributed by atoms with Gasteiger partial charge in [-0.05, 0) is 12.1 Å². The SMILES string of the molecule is [B]c1c(N)cccc1N. The molecule has 0 aliphatic carbocycles. The predicted octanol–water partition coefficient (Wildman–Crippen LogP) is -0.355. The number of nitrogen functional groups attached to an aromatic ring is 2. The molecule has 0 spiro atoms. The highest BCUT2D eigenvalue weighted by Gasteiger charge is 1.92. The van der Waals surface area contributed by atoms with Crippen molar-refractivity contribution in [2.75, 3.05) is 11.5 Å². The molecule has 0 unspecified atom stereocenters. The molecule has 9 heavy (non-hydrogen) atoms. The molecule has 0 bridgehead atoms. The standard InChI is InChI=1S/C6H7BN2/c7-6-4(8)2-1-3-5(6)9/h1-3H,8-9H2. The minimum atomic E-state index is 0.470. The fourth-order valence-corrected chi connectivity index (χ4v) is 0.602. The summed E-state index contributed by atoms with van der Waals surface area (Å²) in [6, 6.07) is 5.19. The van der Waals surface area contributed by atoms with Gasteiger partial charge in [0.05, 0.1) is 0 Å². The number of rotatable bonds is 0. The highest BCUT2D eigenvalue weighted by molar-refractivity contribution is 6.38. The zero-order valence-electron chi connectivity index (χ0n) is 4.96. The van der Waals surface area contributed by atoms with Crippen molar-refractivity contribution in [1.82, 2.24) is 0 Å². The van der Waals surface area contributed by atoms with Crippen molar-refractivity contribution in [2.45, 2.75) is 0 Å². The van der Waals surface area contributed by atoms with Crippen LogP contribution in [-0.4, -0.2) is 7.85 Å². The Labute approximate surface area is 55.3 Å². The summed E-state index contributed by atoms with van der Waals surface area (Å²) in [4.78, 5) is 0. The first-order chi connectivity index (χ1) is 4.22. The Kier molecular flexibility index (Phi) is 1.34. The predicted molar refractivity (Wildman–Crippen MR) is 40.7 cm³/mol. The lowest BCUT2D eigenvalue weighted by molar-refractivity contribution is 1.72. The molecule has 0 aromatic heterocycles. The average Bonchev–Trinajstić information content (AvgIpc) is 1.83. The Morgan fingerprint density at radius 3 is 1.89 bits per heavy atom. The van der Waals surface area contributed by atoms with Crippen molar-refractivity contribution in [3.8, 4) is 0 Å². The van der Waals surface area contributed by atoms with Crippen molar-refractivity contribution in [3.63, 3.8) is 0 Å². The smallest absolute Gasteiger partial charge is 0.119 e. The Morgan fingerprint density at radius 1 is 1.11 bits per heavy atom. The van der Waals surface area contributed by atoms with Gasteiger partial charge in [-0.3, -0.25) is 0 Å². The number of hydrogen-bond acceptors (Lipinski definition) is 2. The van der Waals surface area contributed by atoms with Crippen molar-refractivity contribution in [3.05, 3.63) is 18.2 Å². The van der Waals surface area contributed by atoms with Crippen molar-refractivity contribution in [1.29, 1.82) is 0 Å². The van der Waals surface area contributed by atoms with E-state index in [2.05, 4.69) is 0 Å². The van der Waals surface area contributed by atoms with Crippen LogP contribution in [0.2, 0.25) is 0 Å². The third kappa shape index (κ3) is 0.990. The summed E-state index contributed by atoms with van der Waals surface area (Å²) in [5, 5.41) is 0. The molecule has 1 rings (SSSR count). The second kappa shape index (κ2) is 2.01. The maximum atomic E-state index is 5.43. The number of anilines is 2. The van der Waals surface area contributed by atoms with Gasteiger partial charge in [-0.1, -0.05) is 11.5 Å². The Balaban J connectivity index is 3.25. The van der Waals surface area contributed by atoms with E-state index in [0.717, 1.165) is 0 Å². The van der Waals surface area contributed by atoms with Crippen LogP contribution >= 0.6 is 0 Å². The van der Waals surface area contributed by atoms with E-state index in [4.69, 9.17) is 19.3 Å². The molecule has 1 aromatic rings. The average molecular weight is 118 g/mol. The van der Waals surface area contributed by atoms with E-state index in [1.54, 1.807) is 18.2 Å². The van der Waals surface area contributed by atoms with Crippen molar-refractivity contribution in [2.24, 2.45) is 0 Å². The molecule has 2 radical (unpaired) electrons. The molecule has 0 amide bonds. The van der Waals surface area contributed by atoms with Crippen molar-refractivity contribution < 1.29 is 0 Å². The van der Waals surface area contributed by atoms with Gasteiger partial charge in [0.1, 0.15) is 7.85 Å². The third-order valence-electron chi connectivity index (χ3n) is 1.17. The third-order valence-corrected chi connectivity index (χ3v) is 1.17. The zero-order valence-corrected chi connectivity index (χ0v) is 4.96. The Bertz CT molecular complexity index is 202. The fourth-order valence-electron chi connectivity index (χ4n) is 0.602. The Morgan fingerprint density at radius 2 is 1.56 bits per heavy atom. The van der Waals surface area contributed by atoms with Crippen LogP contribution in [0, 0.1) is 0 Å². The molecule has 3 heteroatoms. The minimum absolute atomic E-state index is 0.470. The van der Waals surface area contributed by atoms with Gasteiger partial charge in [0, 0.05) is 11.4 Å².